The molecule has 3 aromatic carbocycles. The summed E-state index contributed by atoms with van der Waals surface area (Å²) in [4.78, 5) is 16.8. The summed E-state index contributed by atoms with van der Waals surface area (Å²) in [6.07, 6.45) is 4.31. The van der Waals surface area contributed by atoms with E-state index in [0.717, 1.165) is 34.5 Å². The van der Waals surface area contributed by atoms with Crippen LogP contribution in [0, 0.1) is 5.92 Å². The lowest BCUT2D eigenvalue weighted by molar-refractivity contribution is -0.141. The molecule has 2 aliphatic rings. The monoisotopic (exact) mass is 642 g/mol. The number of hydrogen-bond acceptors (Lipinski definition) is 5. The van der Waals surface area contributed by atoms with Crippen LogP contribution in [0.4, 0.5) is 0 Å². The Labute approximate surface area is 267 Å². The lowest BCUT2D eigenvalue weighted by Crippen LogP contribution is -2.69. The minimum absolute atomic E-state index is 0.0356. The third-order valence-corrected chi connectivity index (χ3v) is 16.0. The van der Waals surface area contributed by atoms with Gasteiger partial charge >= 0.3 is 5.97 Å². The van der Waals surface area contributed by atoms with Crippen LogP contribution in [0.3, 0.4) is 0 Å². The van der Waals surface area contributed by atoms with Gasteiger partial charge in [0.05, 0.1) is 16.4 Å². The topological polar surface area (TPSA) is 106 Å². The minimum atomic E-state index is -4.07. The van der Waals surface area contributed by atoms with E-state index in [-0.39, 0.29) is 22.9 Å². The Bertz CT molecular complexity index is 1810. The third-order valence-electron chi connectivity index (χ3n) is 9.26. The van der Waals surface area contributed by atoms with Crippen molar-refractivity contribution in [3.05, 3.63) is 95.8 Å². The highest BCUT2D eigenvalue weighted by Crippen LogP contribution is 2.43. The molecule has 1 atom stereocenters. The molecule has 0 saturated heterocycles. The molecule has 7 nitrogen and oxygen atoms in total. The van der Waals surface area contributed by atoms with Gasteiger partial charge < -0.3 is 9.53 Å². The van der Waals surface area contributed by atoms with Crippen LogP contribution in [-0.4, -0.2) is 44.9 Å². The maximum Gasteiger partial charge on any atom is 0.307 e. The molecule has 0 bridgehead atoms. The number of sulfonamides is 1. The molecule has 2 N–H and O–H groups in total. The van der Waals surface area contributed by atoms with Crippen molar-refractivity contribution < 1.29 is 22.7 Å². The van der Waals surface area contributed by atoms with Crippen molar-refractivity contribution in [2.45, 2.75) is 81.8 Å². The first-order valence-corrected chi connectivity index (χ1v) is 19.1. The Balaban J connectivity index is 1.39. The Morgan fingerprint density at radius 1 is 0.956 bits per heavy atom. The standard InChI is InChI=1S/C36H42N2O5SSi/c1-35(2,3)45(28-12-8-6-9-13-28,29-14-10-7-11-15-29)43-36(4,5)23-38-44(41,42)33-30-20-26(34(39)40)18-25(30)19-27-22-37-32(21-31(27)33)24-16-17-24/h6-15,19,21-22,24,26,38H,16-18,20,23H2,1-5H3,(H,39,40). The second-order valence-corrected chi connectivity index (χ2v) is 20.2. The molecule has 4 aromatic rings. The zero-order chi connectivity index (χ0) is 32.2. The SMILES string of the molecule is CC(C)(CNS(=O)(=O)c1c2c(cc3cnc(C4CC4)cc13)CC(C(=O)O)C2)O[Si](c1ccccc1)(c1ccccc1)C(C)(C)C. The summed E-state index contributed by atoms with van der Waals surface area (Å²) in [6.45, 7) is 10.5. The number of nitrogens with one attached hydrogen (secondary N) is 1. The van der Waals surface area contributed by atoms with Crippen molar-refractivity contribution in [3.8, 4) is 0 Å². The summed E-state index contributed by atoms with van der Waals surface area (Å²) >= 11 is 0. The molecule has 1 fully saturated rings. The molecule has 236 valence electrons. The van der Waals surface area contributed by atoms with Crippen LogP contribution >= 0.6 is 0 Å². The average Bonchev–Trinajstić information content (AvgIpc) is 3.76. The van der Waals surface area contributed by atoms with Crippen LogP contribution in [0.1, 0.15) is 70.2 Å². The van der Waals surface area contributed by atoms with Gasteiger partial charge in [0, 0.05) is 35.1 Å². The molecule has 1 aromatic heterocycles. The Morgan fingerprint density at radius 3 is 2.09 bits per heavy atom. The zero-order valence-corrected chi connectivity index (χ0v) is 28.4. The van der Waals surface area contributed by atoms with Gasteiger partial charge in [0.1, 0.15) is 0 Å². The lowest BCUT2D eigenvalue weighted by Gasteiger charge is -2.47. The van der Waals surface area contributed by atoms with Gasteiger partial charge in [-0.1, -0.05) is 81.4 Å². The number of rotatable bonds is 10. The summed E-state index contributed by atoms with van der Waals surface area (Å²) in [5.74, 6) is -1.23. The van der Waals surface area contributed by atoms with E-state index in [1.54, 1.807) is 6.20 Å². The molecular formula is C36H42N2O5SSi. The number of carboxylic acids is 1. The van der Waals surface area contributed by atoms with Gasteiger partial charge in [-0.3, -0.25) is 9.78 Å². The second kappa shape index (κ2) is 11.5. The van der Waals surface area contributed by atoms with Gasteiger partial charge in [0.2, 0.25) is 10.0 Å². The summed E-state index contributed by atoms with van der Waals surface area (Å²) in [5, 5.41) is 13.1. The van der Waals surface area contributed by atoms with Crippen LogP contribution in [-0.2, 0) is 32.1 Å². The van der Waals surface area contributed by atoms with E-state index in [4.69, 9.17) is 4.43 Å². The van der Waals surface area contributed by atoms with Gasteiger partial charge in [-0.2, -0.15) is 0 Å². The summed E-state index contributed by atoms with van der Waals surface area (Å²) in [6, 6.07) is 24.4. The highest BCUT2D eigenvalue weighted by Gasteiger charge is 2.53. The largest absolute Gasteiger partial charge is 0.481 e. The van der Waals surface area contributed by atoms with Crippen LogP contribution < -0.4 is 15.1 Å². The van der Waals surface area contributed by atoms with E-state index in [0.29, 0.717) is 28.7 Å². The smallest absolute Gasteiger partial charge is 0.307 e. The number of nitrogens with zero attached hydrogens (tertiary/aromatic N) is 1. The molecule has 2 aliphatic carbocycles. The fourth-order valence-electron chi connectivity index (χ4n) is 6.89. The van der Waals surface area contributed by atoms with Crippen molar-refractivity contribution in [1.82, 2.24) is 9.71 Å². The highest BCUT2D eigenvalue weighted by molar-refractivity contribution is 7.89. The number of fused-ring (bicyclic) bond motifs is 2. The Kier molecular flexibility index (Phi) is 8.04. The average molecular weight is 643 g/mol. The van der Waals surface area contributed by atoms with Crippen molar-refractivity contribution in [2.75, 3.05) is 6.54 Å². The Hall–Kier alpha value is -3.37. The quantitative estimate of drug-likeness (QED) is 0.220. The van der Waals surface area contributed by atoms with Gasteiger partial charge in [-0.15, -0.1) is 0 Å². The fourth-order valence-corrected chi connectivity index (χ4v) is 13.4. The summed E-state index contributed by atoms with van der Waals surface area (Å²) < 4.78 is 39.0. The second-order valence-electron chi connectivity index (χ2n) is 14.2. The van der Waals surface area contributed by atoms with Crippen LogP contribution in [0.2, 0.25) is 5.04 Å². The maximum atomic E-state index is 14.4. The molecule has 1 heterocycles. The van der Waals surface area contributed by atoms with E-state index in [1.807, 2.05) is 62.4 Å². The molecule has 9 heteroatoms. The molecule has 45 heavy (non-hydrogen) atoms. The molecular weight excluding hydrogens is 601 g/mol. The van der Waals surface area contributed by atoms with Crippen LogP contribution in [0.25, 0.3) is 10.8 Å². The van der Waals surface area contributed by atoms with Crippen LogP contribution in [0.15, 0.2) is 83.9 Å². The fraction of sp³-hybridized carbons (Fsp3) is 0.389. The first kappa shape index (κ1) is 31.6. The highest BCUT2D eigenvalue weighted by atomic mass is 32.2. The number of benzene rings is 3. The number of aliphatic carboxylic acids is 1. The van der Waals surface area contributed by atoms with E-state index in [2.05, 4.69) is 54.7 Å². The molecule has 0 amide bonds. The number of hydrogen-bond donors (Lipinski definition) is 2. The maximum absolute atomic E-state index is 14.4. The zero-order valence-electron chi connectivity index (χ0n) is 26.6. The van der Waals surface area contributed by atoms with E-state index < -0.39 is 35.8 Å². The van der Waals surface area contributed by atoms with Gasteiger partial charge in [0.25, 0.3) is 8.32 Å². The molecule has 6 rings (SSSR count). The summed E-state index contributed by atoms with van der Waals surface area (Å²) in [5.41, 5.74) is 1.36. The molecule has 1 saturated carbocycles. The minimum Gasteiger partial charge on any atom is -0.481 e. The predicted octanol–water partition coefficient (Wildman–Crippen LogP) is 5.55. The van der Waals surface area contributed by atoms with Gasteiger partial charge in [-0.25, -0.2) is 13.1 Å². The van der Waals surface area contributed by atoms with Crippen molar-refractivity contribution in [2.24, 2.45) is 5.92 Å². The van der Waals surface area contributed by atoms with Crippen LogP contribution in [0.5, 0.6) is 0 Å². The third kappa shape index (κ3) is 5.99. The number of carboxylic acid groups (broad SMARTS) is 1. The van der Waals surface area contributed by atoms with Crippen molar-refractivity contribution in [3.63, 3.8) is 0 Å². The molecule has 0 radical (unpaired) electrons. The van der Waals surface area contributed by atoms with Gasteiger partial charge in [-0.05, 0) is 78.2 Å². The number of aromatic nitrogens is 1. The Morgan fingerprint density at radius 2 is 1.56 bits per heavy atom. The van der Waals surface area contributed by atoms with Gasteiger partial charge in [0.15, 0.2) is 0 Å². The normalized spacial score (nSPS) is 17.4. The molecule has 1 unspecified atom stereocenters. The predicted molar refractivity (Wildman–Crippen MR) is 180 cm³/mol. The molecule has 0 aliphatic heterocycles. The first-order valence-electron chi connectivity index (χ1n) is 15.7. The van der Waals surface area contributed by atoms with E-state index in [1.165, 1.54) is 0 Å². The number of carbonyl (C=O) groups is 1. The number of pyridine rings is 1. The van der Waals surface area contributed by atoms with E-state index in [9.17, 15) is 18.3 Å². The van der Waals surface area contributed by atoms with Crippen molar-refractivity contribution >= 4 is 45.5 Å². The van der Waals surface area contributed by atoms with Crippen molar-refractivity contribution in [1.29, 1.82) is 0 Å². The first-order chi connectivity index (χ1) is 21.2. The summed E-state index contributed by atoms with van der Waals surface area (Å²) in [7, 11) is -7.04. The van der Waals surface area contributed by atoms with E-state index >= 15 is 0 Å². The lowest BCUT2D eigenvalue weighted by atomic mass is 10.0. The molecule has 0 spiro atoms.